The number of carbonyl (C=O) groups is 1. The second-order valence-electron chi connectivity index (χ2n) is 2.43. The summed E-state index contributed by atoms with van der Waals surface area (Å²) in [5.41, 5.74) is 6.14. The highest BCUT2D eigenvalue weighted by Crippen LogP contribution is 2.05. The van der Waals surface area contributed by atoms with Crippen LogP contribution in [-0.4, -0.2) is 11.1 Å². The highest BCUT2D eigenvalue weighted by Gasteiger charge is 1.94. The Morgan fingerprint density at radius 2 is 2.00 bits per heavy atom. The molecule has 0 fully saturated rings. The molecule has 0 atom stereocenters. The lowest BCUT2D eigenvalue weighted by Crippen LogP contribution is -2.11. The highest BCUT2D eigenvalue weighted by molar-refractivity contribution is 5.81. The number of hydrogen-bond donors (Lipinski definition) is 3. The van der Waals surface area contributed by atoms with Crippen LogP contribution < -0.4 is 11.1 Å². The molecule has 0 spiro atoms. The molecule has 4 nitrogen and oxygen atoms in total. The van der Waals surface area contributed by atoms with Crippen molar-refractivity contribution in [3.05, 3.63) is 42.2 Å². The Morgan fingerprint density at radius 1 is 1.38 bits per heavy atom. The highest BCUT2D eigenvalue weighted by atomic mass is 16.4. The number of anilines is 1. The van der Waals surface area contributed by atoms with E-state index in [0.29, 0.717) is 0 Å². The van der Waals surface area contributed by atoms with Crippen molar-refractivity contribution in [2.75, 3.05) is 5.32 Å². The van der Waals surface area contributed by atoms with E-state index in [9.17, 15) is 4.79 Å². The maximum absolute atomic E-state index is 10.2. The number of nitrogens with one attached hydrogen (secondary N) is 1. The maximum Gasteiger partial charge on any atom is 0.331 e. The van der Waals surface area contributed by atoms with Crippen molar-refractivity contribution >= 4 is 11.7 Å². The van der Waals surface area contributed by atoms with Gasteiger partial charge in [-0.3, -0.25) is 0 Å². The molecule has 1 aromatic rings. The third-order valence-corrected chi connectivity index (χ3v) is 1.34. The van der Waals surface area contributed by atoms with Gasteiger partial charge in [-0.15, -0.1) is 0 Å². The van der Waals surface area contributed by atoms with E-state index in [4.69, 9.17) is 10.8 Å². The molecule has 0 aliphatic carbocycles. The summed E-state index contributed by atoms with van der Waals surface area (Å²) in [6.07, 6.45) is 0.910. The second kappa shape index (κ2) is 4.15. The largest absolute Gasteiger partial charge is 0.478 e. The normalized spacial score (nSPS) is 10.9. The molecule has 1 rings (SSSR count). The lowest BCUT2D eigenvalue weighted by atomic mass is 10.3. The number of nitrogens with two attached hydrogens (primary N) is 1. The molecular formula is C9H10N2O2. The van der Waals surface area contributed by atoms with E-state index in [1.165, 1.54) is 0 Å². The summed E-state index contributed by atoms with van der Waals surface area (Å²) in [7, 11) is 0. The molecule has 0 saturated heterocycles. The predicted molar refractivity (Wildman–Crippen MR) is 50.0 cm³/mol. The number of hydrogen-bond acceptors (Lipinski definition) is 3. The molecular weight excluding hydrogens is 168 g/mol. The summed E-state index contributed by atoms with van der Waals surface area (Å²) in [5.74, 6) is -0.959. The van der Waals surface area contributed by atoms with Gasteiger partial charge in [-0.1, -0.05) is 18.2 Å². The van der Waals surface area contributed by atoms with Gasteiger partial charge in [0.25, 0.3) is 0 Å². The summed E-state index contributed by atoms with van der Waals surface area (Å²) < 4.78 is 0. The average molecular weight is 178 g/mol. The minimum atomic E-state index is -1.07. The molecule has 0 radical (unpaired) electrons. The number of aliphatic carboxylic acids is 1. The molecule has 4 N–H and O–H groups in total. The van der Waals surface area contributed by atoms with E-state index in [1.54, 1.807) is 12.1 Å². The van der Waals surface area contributed by atoms with Gasteiger partial charge in [0.15, 0.2) is 0 Å². The van der Waals surface area contributed by atoms with Crippen LogP contribution in [0.5, 0.6) is 0 Å². The van der Waals surface area contributed by atoms with Crippen LogP contribution in [0, 0.1) is 0 Å². The van der Waals surface area contributed by atoms with Gasteiger partial charge in [-0.05, 0) is 12.1 Å². The molecule has 0 unspecified atom stereocenters. The van der Waals surface area contributed by atoms with Crippen molar-refractivity contribution in [1.29, 1.82) is 0 Å². The third-order valence-electron chi connectivity index (χ3n) is 1.34. The van der Waals surface area contributed by atoms with Crippen molar-refractivity contribution in [2.24, 2.45) is 5.73 Å². The smallest absolute Gasteiger partial charge is 0.331 e. The van der Waals surface area contributed by atoms with Crippen LogP contribution in [0.15, 0.2) is 42.2 Å². The number of rotatable bonds is 3. The minimum absolute atomic E-state index is 0.110. The summed E-state index contributed by atoms with van der Waals surface area (Å²) >= 11 is 0. The standard InChI is InChI=1S/C9H10N2O2/c10-8(6-9(12)13)11-7-4-2-1-3-5-7/h1-6,11H,10H2,(H,12,13). The first-order valence-corrected chi connectivity index (χ1v) is 3.70. The molecule has 4 heteroatoms. The van der Waals surface area contributed by atoms with Gasteiger partial charge >= 0.3 is 5.97 Å². The van der Waals surface area contributed by atoms with Gasteiger partial charge in [0.05, 0.1) is 6.08 Å². The fourth-order valence-corrected chi connectivity index (χ4v) is 0.857. The van der Waals surface area contributed by atoms with Gasteiger partial charge in [-0.2, -0.15) is 0 Å². The fraction of sp³-hybridized carbons (Fsp3) is 0. The average Bonchev–Trinajstić information content (AvgIpc) is 2.04. The van der Waals surface area contributed by atoms with Gasteiger partial charge < -0.3 is 16.2 Å². The fourth-order valence-electron chi connectivity index (χ4n) is 0.857. The monoisotopic (exact) mass is 178 g/mol. The van der Waals surface area contributed by atoms with Crippen LogP contribution in [0.25, 0.3) is 0 Å². The van der Waals surface area contributed by atoms with Crippen molar-refractivity contribution in [2.45, 2.75) is 0 Å². The molecule has 68 valence electrons. The quantitative estimate of drug-likeness (QED) is 0.603. The topological polar surface area (TPSA) is 75.4 Å². The van der Waals surface area contributed by atoms with Gasteiger partial charge in [0.2, 0.25) is 0 Å². The molecule has 0 heterocycles. The van der Waals surface area contributed by atoms with E-state index in [2.05, 4.69) is 5.32 Å². The van der Waals surface area contributed by atoms with Crippen LogP contribution >= 0.6 is 0 Å². The Balaban J connectivity index is 2.65. The maximum atomic E-state index is 10.2. The number of para-hydroxylation sites is 1. The zero-order valence-corrected chi connectivity index (χ0v) is 6.90. The zero-order valence-electron chi connectivity index (χ0n) is 6.90. The zero-order chi connectivity index (χ0) is 9.68. The first-order chi connectivity index (χ1) is 6.18. The van der Waals surface area contributed by atoms with Gasteiger partial charge in [0, 0.05) is 5.69 Å². The Bertz CT molecular complexity index is 320. The first-order valence-electron chi connectivity index (χ1n) is 3.70. The van der Waals surface area contributed by atoms with Gasteiger partial charge in [-0.25, -0.2) is 4.79 Å². The molecule has 0 aliphatic rings. The number of benzene rings is 1. The molecule has 0 saturated carbocycles. The van der Waals surface area contributed by atoms with Crippen LogP contribution in [0.2, 0.25) is 0 Å². The molecule has 13 heavy (non-hydrogen) atoms. The van der Waals surface area contributed by atoms with Crippen molar-refractivity contribution in [3.63, 3.8) is 0 Å². The third kappa shape index (κ3) is 3.29. The summed E-state index contributed by atoms with van der Waals surface area (Å²) in [5, 5.41) is 11.1. The van der Waals surface area contributed by atoms with Crippen molar-refractivity contribution < 1.29 is 9.90 Å². The SMILES string of the molecule is NC(=CC(=O)O)Nc1ccccc1. The lowest BCUT2D eigenvalue weighted by molar-refractivity contribution is -0.131. The predicted octanol–water partition coefficient (Wildman–Crippen LogP) is 0.983. The van der Waals surface area contributed by atoms with E-state index < -0.39 is 5.97 Å². The molecule has 0 aliphatic heterocycles. The Kier molecular flexibility index (Phi) is 2.92. The van der Waals surface area contributed by atoms with Crippen LogP contribution in [-0.2, 0) is 4.79 Å². The number of carboxylic acid groups (broad SMARTS) is 1. The van der Waals surface area contributed by atoms with Crippen LogP contribution in [0.1, 0.15) is 0 Å². The van der Waals surface area contributed by atoms with Crippen LogP contribution in [0.3, 0.4) is 0 Å². The van der Waals surface area contributed by atoms with Crippen molar-refractivity contribution in [3.8, 4) is 0 Å². The van der Waals surface area contributed by atoms with E-state index >= 15 is 0 Å². The Hall–Kier alpha value is -1.97. The van der Waals surface area contributed by atoms with Crippen molar-refractivity contribution in [1.82, 2.24) is 0 Å². The lowest BCUT2D eigenvalue weighted by Gasteiger charge is -2.03. The molecule has 0 bridgehead atoms. The Morgan fingerprint density at radius 3 is 2.54 bits per heavy atom. The van der Waals surface area contributed by atoms with Gasteiger partial charge in [0.1, 0.15) is 5.82 Å². The Labute approximate surface area is 75.7 Å². The summed E-state index contributed by atoms with van der Waals surface area (Å²) in [4.78, 5) is 10.2. The minimum Gasteiger partial charge on any atom is -0.478 e. The molecule has 1 aromatic carbocycles. The molecule has 0 amide bonds. The molecule has 0 aromatic heterocycles. The second-order valence-corrected chi connectivity index (χ2v) is 2.43. The van der Waals surface area contributed by atoms with E-state index in [1.807, 2.05) is 18.2 Å². The van der Waals surface area contributed by atoms with Crippen LogP contribution in [0.4, 0.5) is 5.69 Å². The number of carboxylic acids is 1. The summed E-state index contributed by atoms with van der Waals surface area (Å²) in [6.45, 7) is 0. The first kappa shape index (κ1) is 9.12. The van der Waals surface area contributed by atoms with E-state index in [-0.39, 0.29) is 5.82 Å². The summed E-state index contributed by atoms with van der Waals surface area (Å²) in [6, 6.07) is 9.11. The van der Waals surface area contributed by atoms with E-state index in [0.717, 1.165) is 11.8 Å².